The van der Waals surface area contributed by atoms with Gasteiger partial charge in [-0.05, 0) is 139 Å². The third-order valence-corrected chi connectivity index (χ3v) is 14.5. The van der Waals surface area contributed by atoms with Crippen LogP contribution in [0, 0.1) is 0 Å². The van der Waals surface area contributed by atoms with Gasteiger partial charge < -0.3 is 0 Å². The van der Waals surface area contributed by atoms with Crippen molar-refractivity contribution in [1.29, 1.82) is 0 Å². The van der Waals surface area contributed by atoms with Gasteiger partial charge in [0.05, 0.1) is 0 Å². The van der Waals surface area contributed by atoms with Gasteiger partial charge in [-0.25, -0.2) is 0 Å². The maximum atomic E-state index is 2.40. The molecule has 2 heterocycles. The van der Waals surface area contributed by atoms with Crippen LogP contribution in [-0.4, -0.2) is 0 Å². The second-order valence-electron chi connectivity index (χ2n) is 16.1. The minimum absolute atomic E-state index is 1.19. The Kier molecular flexibility index (Phi) is 8.99. The quantitative estimate of drug-likeness (QED) is 0.150. The molecule has 290 valence electrons. The molecule has 0 fully saturated rings. The molecule has 12 rings (SSSR count). The molecule has 0 radical (unpaired) electrons. The molecular formula is C60H38S2. The summed E-state index contributed by atoms with van der Waals surface area (Å²) in [7, 11) is 0. The van der Waals surface area contributed by atoms with Crippen LogP contribution in [0.1, 0.15) is 0 Å². The fraction of sp³-hybridized carbons (Fsp3) is 0. The van der Waals surface area contributed by atoms with Crippen molar-refractivity contribution in [3.8, 4) is 77.9 Å². The first-order valence-corrected chi connectivity index (χ1v) is 22.8. The molecule has 12 aromatic rings. The summed E-state index contributed by atoms with van der Waals surface area (Å²) >= 11 is 3.74. The predicted molar refractivity (Wildman–Crippen MR) is 270 cm³/mol. The van der Waals surface area contributed by atoms with Gasteiger partial charge in [0.1, 0.15) is 0 Å². The van der Waals surface area contributed by atoms with Crippen LogP contribution in [0.15, 0.2) is 231 Å². The van der Waals surface area contributed by atoms with Crippen molar-refractivity contribution in [1.82, 2.24) is 0 Å². The van der Waals surface area contributed by atoms with Gasteiger partial charge in [-0.2, -0.15) is 0 Å². The molecule has 0 aliphatic carbocycles. The molecular weight excluding hydrogens is 785 g/mol. The van der Waals surface area contributed by atoms with E-state index in [2.05, 4.69) is 231 Å². The van der Waals surface area contributed by atoms with Crippen molar-refractivity contribution in [3.05, 3.63) is 231 Å². The largest absolute Gasteiger partial charge is 0.135 e. The predicted octanol–water partition coefficient (Wildman–Crippen LogP) is 18.1. The van der Waals surface area contributed by atoms with Gasteiger partial charge in [-0.3, -0.25) is 0 Å². The van der Waals surface area contributed by atoms with Crippen LogP contribution in [0.5, 0.6) is 0 Å². The molecule has 0 saturated carbocycles. The van der Waals surface area contributed by atoms with E-state index in [-0.39, 0.29) is 0 Å². The Morgan fingerprint density at radius 1 is 0.161 bits per heavy atom. The second-order valence-corrected chi connectivity index (χ2v) is 18.3. The second kappa shape index (κ2) is 15.3. The van der Waals surface area contributed by atoms with E-state index in [4.69, 9.17) is 0 Å². The Morgan fingerprint density at radius 2 is 0.419 bits per heavy atom. The smallest absolute Gasteiger partial charge is 0.0361 e. The summed E-state index contributed by atoms with van der Waals surface area (Å²) in [5.41, 5.74) is 16.9. The molecule has 0 nitrogen and oxygen atoms in total. The van der Waals surface area contributed by atoms with Crippen molar-refractivity contribution in [2.45, 2.75) is 0 Å². The number of thiophene rings is 2. The van der Waals surface area contributed by atoms with E-state index in [9.17, 15) is 0 Å². The molecule has 0 N–H and O–H groups in total. The van der Waals surface area contributed by atoms with Crippen molar-refractivity contribution in [2.75, 3.05) is 0 Å². The van der Waals surface area contributed by atoms with E-state index in [0.29, 0.717) is 0 Å². The molecule has 0 aliphatic heterocycles. The van der Waals surface area contributed by atoms with E-state index < -0.39 is 0 Å². The van der Waals surface area contributed by atoms with Gasteiger partial charge in [0.15, 0.2) is 0 Å². The van der Waals surface area contributed by atoms with Crippen LogP contribution in [0.2, 0.25) is 0 Å². The van der Waals surface area contributed by atoms with Crippen LogP contribution in [-0.2, 0) is 0 Å². The summed E-state index contributed by atoms with van der Waals surface area (Å²) in [5.74, 6) is 0. The third-order valence-electron chi connectivity index (χ3n) is 12.3. The molecule has 0 unspecified atom stereocenters. The summed E-state index contributed by atoms with van der Waals surface area (Å²) < 4.78 is 5.26. The van der Waals surface area contributed by atoms with Gasteiger partial charge >= 0.3 is 0 Å². The molecule has 62 heavy (non-hydrogen) atoms. The Balaban J connectivity index is 1.04. The average molecular weight is 823 g/mol. The SMILES string of the molecule is c1ccc(-c2ccc(-c3cc(-c4cc(-c5ccc(-c6ccccc6)cc5)cc(-c5ccc6c(c5)sc5ccccc56)c4)cc(-c4ccc5c(c4)sc4ccccc45)c3)cc2)cc1. The zero-order valence-electron chi connectivity index (χ0n) is 33.8. The van der Waals surface area contributed by atoms with Crippen LogP contribution >= 0.6 is 22.7 Å². The molecule has 0 amide bonds. The Hall–Kier alpha value is -7.36. The number of benzene rings is 10. The molecule has 10 aromatic carbocycles. The number of hydrogen-bond donors (Lipinski definition) is 0. The Bertz CT molecular complexity index is 3350. The minimum Gasteiger partial charge on any atom is -0.135 e. The average Bonchev–Trinajstić information content (AvgIpc) is 3.92. The monoisotopic (exact) mass is 822 g/mol. The lowest BCUT2D eigenvalue weighted by atomic mass is 9.89. The summed E-state index contributed by atoms with van der Waals surface area (Å²) in [5, 5.41) is 5.27. The van der Waals surface area contributed by atoms with Gasteiger partial charge in [-0.1, -0.05) is 170 Å². The lowest BCUT2D eigenvalue weighted by molar-refractivity contribution is 1.55. The normalized spacial score (nSPS) is 11.5. The number of hydrogen-bond acceptors (Lipinski definition) is 2. The molecule has 2 heteroatoms. The van der Waals surface area contributed by atoms with Gasteiger partial charge in [0.25, 0.3) is 0 Å². The summed E-state index contributed by atoms with van der Waals surface area (Å²) in [6.07, 6.45) is 0. The third kappa shape index (κ3) is 6.71. The van der Waals surface area contributed by atoms with Crippen molar-refractivity contribution < 1.29 is 0 Å². The minimum atomic E-state index is 1.19. The Morgan fingerprint density at radius 3 is 0.806 bits per heavy atom. The van der Waals surface area contributed by atoms with Crippen molar-refractivity contribution >= 4 is 63.0 Å². The van der Waals surface area contributed by atoms with E-state index in [1.165, 1.54) is 118 Å². The molecule has 0 aliphatic rings. The van der Waals surface area contributed by atoms with Gasteiger partial charge in [-0.15, -0.1) is 22.7 Å². The maximum absolute atomic E-state index is 2.40. The highest BCUT2D eigenvalue weighted by molar-refractivity contribution is 7.26. The van der Waals surface area contributed by atoms with Crippen LogP contribution < -0.4 is 0 Å². The summed E-state index contributed by atoms with van der Waals surface area (Å²) in [6.45, 7) is 0. The first-order valence-electron chi connectivity index (χ1n) is 21.1. The van der Waals surface area contributed by atoms with Crippen LogP contribution in [0.25, 0.3) is 118 Å². The van der Waals surface area contributed by atoms with Gasteiger partial charge in [0.2, 0.25) is 0 Å². The van der Waals surface area contributed by atoms with Gasteiger partial charge in [0, 0.05) is 40.3 Å². The standard InChI is InChI=1S/C60H38S2/c1-3-11-39(12-4-1)41-19-23-43(24-20-41)47-31-49(45-27-29-55-53-15-7-9-17-57(53)61-59(55)37-45)35-51(33-47)52-34-48(44-25-21-42(22-26-44)40-13-5-2-6-14-40)32-50(36-52)46-28-30-56-54-16-8-10-18-58(54)62-60(56)38-46/h1-38H. The lowest BCUT2D eigenvalue weighted by Crippen LogP contribution is -1.89. The number of fused-ring (bicyclic) bond motifs is 6. The van der Waals surface area contributed by atoms with Crippen LogP contribution in [0.3, 0.4) is 0 Å². The fourth-order valence-electron chi connectivity index (χ4n) is 9.04. The highest BCUT2D eigenvalue weighted by atomic mass is 32.1. The van der Waals surface area contributed by atoms with E-state index in [1.807, 2.05) is 22.7 Å². The topological polar surface area (TPSA) is 0 Å². The van der Waals surface area contributed by atoms with Crippen molar-refractivity contribution in [3.63, 3.8) is 0 Å². The lowest BCUT2D eigenvalue weighted by Gasteiger charge is -2.15. The van der Waals surface area contributed by atoms with Crippen molar-refractivity contribution in [2.24, 2.45) is 0 Å². The first kappa shape index (κ1) is 36.5. The molecule has 2 aromatic heterocycles. The summed E-state index contributed by atoms with van der Waals surface area (Å²) in [6, 6.07) is 85.2. The summed E-state index contributed by atoms with van der Waals surface area (Å²) in [4.78, 5) is 0. The molecule has 0 saturated heterocycles. The van der Waals surface area contributed by atoms with Crippen LogP contribution in [0.4, 0.5) is 0 Å². The maximum Gasteiger partial charge on any atom is 0.0361 e. The zero-order chi connectivity index (χ0) is 41.0. The molecule has 0 bridgehead atoms. The van der Waals surface area contributed by atoms with E-state index in [1.54, 1.807) is 0 Å². The first-order chi connectivity index (χ1) is 30.7. The number of rotatable bonds is 7. The Labute approximate surface area is 369 Å². The highest BCUT2D eigenvalue weighted by Crippen LogP contribution is 2.42. The fourth-order valence-corrected chi connectivity index (χ4v) is 11.3. The highest BCUT2D eigenvalue weighted by Gasteiger charge is 2.15. The molecule has 0 spiro atoms. The van der Waals surface area contributed by atoms with E-state index >= 15 is 0 Å². The van der Waals surface area contributed by atoms with E-state index in [0.717, 1.165) is 0 Å². The molecule has 0 atom stereocenters. The zero-order valence-corrected chi connectivity index (χ0v) is 35.4.